The molecule has 0 aliphatic rings. The largest absolute Gasteiger partial charge is 0.372 e. The Morgan fingerprint density at radius 1 is 0.619 bits per heavy atom. The first kappa shape index (κ1) is 25.4. The zero-order valence-corrected chi connectivity index (χ0v) is 16.7. The van der Waals surface area contributed by atoms with Gasteiger partial charge in [-0.05, 0) is 69.2 Å². The Balaban J connectivity index is -0.000000295. The molecule has 0 bridgehead atoms. The summed E-state index contributed by atoms with van der Waals surface area (Å²) in [4.78, 5) is 8.65. The van der Waals surface area contributed by atoms with E-state index in [0.29, 0.717) is 24.2 Å². The molecular formula is C16H36FeN4. The van der Waals surface area contributed by atoms with Gasteiger partial charge < -0.3 is 10.6 Å². The number of nitrogens with one attached hydrogen (secondary N) is 2. The van der Waals surface area contributed by atoms with Crippen LogP contribution >= 0.6 is 0 Å². The molecule has 4 nitrogen and oxygen atoms in total. The summed E-state index contributed by atoms with van der Waals surface area (Å²) < 4.78 is 0. The second kappa shape index (κ2) is 14.4. The normalized spacial score (nSPS) is 12.3. The van der Waals surface area contributed by atoms with Crippen molar-refractivity contribution in [3.63, 3.8) is 0 Å². The molecule has 2 N–H and O–H groups in total. The van der Waals surface area contributed by atoms with Gasteiger partial charge in [-0.25, -0.2) is 0 Å². The van der Waals surface area contributed by atoms with Crippen LogP contribution in [0.4, 0.5) is 0 Å². The van der Waals surface area contributed by atoms with Crippen molar-refractivity contribution in [2.75, 3.05) is 0 Å². The van der Waals surface area contributed by atoms with Crippen LogP contribution in [-0.2, 0) is 17.1 Å². The summed E-state index contributed by atoms with van der Waals surface area (Å²) in [5.74, 6) is 2.06. The van der Waals surface area contributed by atoms with Crippen molar-refractivity contribution in [3.05, 3.63) is 0 Å². The molecule has 0 fully saturated rings. The Morgan fingerprint density at radius 3 is 1.00 bits per heavy atom. The van der Waals surface area contributed by atoms with Crippen LogP contribution in [0.2, 0.25) is 0 Å². The van der Waals surface area contributed by atoms with E-state index in [2.05, 4.69) is 76.0 Å². The van der Waals surface area contributed by atoms with Gasteiger partial charge in [0, 0.05) is 41.2 Å². The molecule has 0 aromatic rings. The zero-order valence-electron chi connectivity index (χ0n) is 15.6. The summed E-state index contributed by atoms with van der Waals surface area (Å²) in [6, 6.07) is 1.77. The molecule has 21 heavy (non-hydrogen) atoms. The fraction of sp³-hybridized carbons (Fsp3) is 0.875. The third-order valence-electron chi connectivity index (χ3n) is 1.90. The van der Waals surface area contributed by atoms with Crippen LogP contribution in [0, 0.1) is 0 Å². The van der Waals surface area contributed by atoms with Gasteiger partial charge in [-0.3, -0.25) is 9.98 Å². The summed E-state index contributed by atoms with van der Waals surface area (Å²) >= 11 is 0. The van der Waals surface area contributed by atoms with Crippen molar-refractivity contribution < 1.29 is 17.1 Å². The van der Waals surface area contributed by atoms with Gasteiger partial charge in [-0.2, -0.15) is 0 Å². The molecule has 0 saturated carbocycles. The van der Waals surface area contributed by atoms with Gasteiger partial charge in [-0.15, -0.1) is 0 Å². The molecule has 0 aliphatic carbocycles. The van der Waals surface area contributed by atoms with Crippen LogP contribution < -0.4 is 10.6 Å². The van der Waals surface area contributed by atoms with E-state index in [9.17, 15) is 0 Å². The molecule has 5 heteroatoms. The minimum absolute atomic E-state index is 0. The third-order valence-corrected chi connectivity index (χ3v) is 1.90. The van der Waals surface area contributed by atoms with Gasteiger partial charge in [0.1, 0.15) is 0 Å². The van der Waals surface area contributed by atoms with Crippen molar-refractivity contribution in [2.24, 2.45) is 9.98 Å². The second-order valence-electron chi connectivity index (χ2n) is 6.21. The molecule has 0 unspecified atom stereocenters. The van der Waals surface area contributed by atoms with E-state index in [1.165, 1.54) is 0 Å². The summed E-state index contributed by atoms with van der Waals surface area (Å²) in [7, 11) is 0. The molecule has 0 heterocycles. The molecule has 0 aromatic heterocycles. The number of rotatable bonds is 4. The van der Waals surface area contributed by atoms with Crippen LogP contribution in [0.3, 0.4) is 0 Å². The monoisotopic (exact) mass is 340 g/mol. The van der Waals surface area contributed by atoms with Crippen molar-refractivity contribution in [1.29, 1.82) is 0 Å². The molecule has 0 radical (unpaired) electrons. The summed E-state index contributed by atoms with van der Waals surface area (Å²) in [5, 5.41) is 6.45. The van der Waals surface area contributed by atoms with E-state index in [-0.39, 0.29) is 17.1 Å². The van der Waals surface area contributed by atoms with Crippen molar-refractivity contribution in [3.8, 4) is 0 Å². The Bertz CT molecular complexity index is 265. The quantitative estimate of drug-likeness (QED) is 0.466. The van der Waals surface area contributed by atoms with Gasteiger partial charge in [0.05, 0.1) is 11.7 Å². The first-order valence-corrected chi connectivity index (χ1v) is 7.66. The summed E-state index contributed by atoms with van der Waals surface area (Å²) in [5.41, 5.74) is 0. The van der Waals surface area contributed by atoms with E-state index in [4.69, 9.17) is 0 Å². The zero-order chi connectivity index (χ0) is 16.3. The van der Waals surface area contributed by atoms with Crippen LogP contribution in [0.1, 0.15) is 69.2 Å². The van der Waals surface area contributed by atoms with Gasteiger partial charge in [0.25, 0.3) is 0 Å². The van der Waals surface area contributed by atoms with Crippen molar-refractivity contribution in [2.45, 2.75) is 93.4 Å². The smallest absolute Gasteiger partial charge is 0.0936 e. The SMILES string of the molecule is CC(=NC(C)C)NC(C)C.CC(=NC(C)C)NC(C)C.[Fe]. The van der Waals surface area contributed by atoms with Crippen LogP contribution in [-0.4, -0.2) is 35.8 Å². The molecule has 0 aliphatic heterocycles. The second-order valence-corrected chi connectivity index (χ2v) is 6.21. The maximum atomic E-state index is 4.32. The summed E-state index contributed by atoms with van der Waals surface area (Å²) in [6.45, 7) is 20.7. The molecule has 0 atom stereocenters. The molecule has 0 rings (SSSR count). The van der Waals surface area contributed by atoms with Gasteiger partial charge in [-0.1, -0.05) is 0 Å². The Labute approximate surface area is 143 Å². The number of amidine groups is 2. The standard InChI is InChI=1S/2C8H18N2.Fe/c2*1-6(2)9-8(5)10-7(3)4;/h2*6-7H,1-5H3,(H,9,10);. The van der Waals surface area contributed by atoms with E-state index >= 15 is 0 Å². The average molecular weight is 340 g/mol. The van der Waals surface area contributed by atoms with Crippen LogP contribution in [0.5, 0.6) is 0 Å². The molecule has 0 amide bonds. The Hall–Kier alpha value is -0.541. The average Bonchev–Trinajstić information content (AvgIpc) is 2.11. The predicted octanol–water partition coefficient (Wildman–Crippen LogP) is 3.62. The Kier molecular flexibility index (Phi) is 17.4. The number of hydrogen-bond donors (Lipinski definition) is 2. The maximum absolute atomic E-state index is 4.32. The van der Waals surface area contributed by atoms with Gasteiger partial charge >= 0.3 is 0 Å². The van der Waals surface area contributed by atoms with Crippen molar-refractivity contribution in [1.82, 2.24) is 10.6 Å². The fourth-order valence-electron chi connectivity index (χ4n) is 1.68. The molecule has 0 saturated heterocycles. The number of nitrogens with zero attached hydrogens (tertiary/aromatic N) is 2. The van der Waals surface area contributed by atoms with E-state index < -0.39 is 0 Å². The molecule has 128 valence electrons. The third kappa shape index (κ3) is 24.8. The minimum Gasteiger partial charge on any atom is -0.372 e. The maximum Gasteiger partial charge on any atom is 0.0936 e. The van der Waals surface area contributed by atoms with Crippen molar-refractivity contribution >= 4 is 11.7 Å². The number of aliphatic imine (C=N–C) groups is 2. The minimum atomic E-state index is 0. The summed E-state index contributed by atoms with van der Waals surface area (Å²) in [6.07, 6.45) is 0. The predicted molar refractivity (Wildman–Crippen MR) is 93.0 cm³/mol. The van der Waals surface area contributed by atoms with Crippen LogP contribution in [0.15, 0.2) is 9.98 Å². The molecular weight excluding hydrogens is 304 g/mol. The van der Waals surface area contributed by atoms with E-state index in [1.807, 2.05) is 13.8 Å². The molecule has 0 aromatic carbocycles. The fourth-order valence-corrected chi connectivity index (χ4v) is 1.68. The van der Waals surface area contributed by atoms with Gasteiger partial charge in [0.15, 0.2) is 0 Å². The Morgan fingerprint density at radius 2 is 0.857 bits per heavy atom. The number of hydrogen-bond acceptors (Lipinski definition) is 2. The van der Waals surface area contributed by atoms with E-state index in [1.54, 1.807) is 0 Å². The van der Waals surface area contributed by atoms with Gasteiger partial charge in [0.2, 0.25) is 0 Å². The topological polar surface area (TPSA) is 48.8 Å². The molecule has 0 spiro atoms. The first-order valence-electron chi connectivity index (χ1n) is 7.66. The van der Waals surface area contributed by atoms with E-state index in [0.717, 1.165) is 11.7 Å². The first-order chi connectivity index (χ1) is 9.04. The van der Waals surface area contributed by atoms with Crippen LogP contribution in [0.25, 0.3) is 0 Å².